The Morgan fingerprint density at radius 3 is 2.79 bits per heavy atom. The summed E-state index contributed by atoms with van der Waals surface area (Å²) in [7, 11) is 1.53. The van der Waals surface area contributed by atoms with Crippen molar-refractivity contribution in [2.24, 2.45) is 0 Å². The summed E-state index contributed by atoms with van der Waals surface area (Å²) in [5, 5.41) is 8.24. The number of carbonyl (C=O) groups is 2. The van der Waals surface area contributed by atoms with E-state index in [-0.39, 0.29) is 17.5 Å². The number of anilines is 1. The van der Waals surface area contributed by atoms with Gasteiger partial charge in [-0.15, -0.1) is 0 Å². The standard InChI is InChI=1S/C13H20N4O2/c1-4-6-15-10-5-7-16-11(8-10)13(19)17-9(2)12(18)14-3/h5,7-9H,4,6H2,1-3H3,(H,14,18)(H,15,16)(H,17,19). The molecule has 0 fully saturated rings. The molecule has 1 unspecified atom stereocenters. The minimum Gasteiger partial charge on any atom is -0.385 e. The van der Waals surface area contributed by atoms with Crippen LogP contribution in [0.15, 0.2) is 18.3 Å². The number of amides is 2. The summed E-state index contributed by atoms with van der Waals surface area (Å²) < 4.78 is 0. The Morgan fingerprint density at radius 2 is 2.16 bits per heavy atom. The van der Waals surface area contributed by atoms with Crippen LogP contribution in [-0.2, 0) is 4.79 Å². The van der Waals surface area contributed by atoms with Crippen molar-refractivity contribution in [2.45, 2.75) is 26.3 Å². The number of nitrogens with one attached hydrogen (secondary N) is 3. The fourth-order valence-corrected chi connectivity index (χ4v) is 1.49. The van der Waals surface area contributed by atoms with Crippen molar-refractivity contribution in [3.05, 3.63) is 24.0 Å². The van der Waals surface area contributed by atoms with Crippen LogP contribution in [0.2, 0.25) is 0 Å². The molecule has 0 spiro atoms. The highest BCUT2D eigenvalue weighted by molar-refractivity contribution is 5.96. The first-order chi connectivity index (χ1) is 9.08. The van der Waals surface area contributed by atoms with E-state index in [2.05, 4.69) is 27.9 Å². The van der Waals surface area contributed by atoms with Gasteiger partial charge in [-0.25, -0.2) is 0 Å². The van der Waals surface area contributed by atoms with Crippen LogP contribution in [0.1, 0.15) is 30.8 Å². The van der Waals surface area contributed by atoms with Crippen LogP contribution in [0.3, 0.4) is 0 Å². The van der Waals surface area contributed by atoms with Crippen LogP contribution >= 0.6 is 0 Å². The van der Waals surface area contributed by atoms with E-state index in [1.165, 1.54) is 7.05 Å². The summed E-state index contributed by atoms with van der Waals surface area (Å²) in [4.78, 5) is 27.3. The highest BCUT2D eigenvalue weighted by Gasteiger charge is 2.16. The summed E-state index contributed by atoms with van der Waals surface area (Å²) in [6, 6.07) is 2.88. The molecule has 0 aliphatic carbocycles. The van der Waals surface area contributed by atoms with Gasteiger partial charge in [-0.2, -0.15) is 0 Å². The molecule has 0 aromatic carbocycles. The van der Waals surface area contributed by atoms with Crippen molar-refractivity contribution < 1.29 is 9.59 Å². The molecule has 6 heteroatoms. The molecule has 0 radical (unpaired) electrons. The van der Waals surface area contributed by atoms with Gasteiger partial charge in [0, 0.05) is 25.5 Å². The second-order valence-corrected chi connectivity index (χ2v) is 4.17. The molecule has 1 atom stereocenters. The Balaban J connectivity index is 2.68. The molecule has 0 saturated carbocycles. The van der Waals surface area contributed by atoms with E-state index >= 15 is 0 Å². The minimum absolute atomic E-state index is 0.242. The molecular weight excluding hydrogens is 244 g/mol. The highest BCUT2D eigenvalue weighted by Crippen LogP contribution is 2.08. The van der Waals surface area contributed by atoms with Crippen molar-refractivity contribution >= 4 is 17.5 Å². The van der Waals surface area contributed by atoms with E-state index in [0.29, 0.717) is 0 Å². The number of nitrogens with zero attached hydrogens (tertiary/aromatic N) is 1. The molecule has 0 aliphatic rings. The molecule has 1 rings (SSSR count). The van der Waals surface area contributed by atoms with Gasteiger partial charge in [0.1, 0.15) is 11.7 Å². The first kappa shape index (κ1) is 14.9. The zero-order valence-electron chi connectivity index (χ0n) is 11.5. The second-order valence-electron chi connectivity index (χ2n) is 4.17. The third kappa shape index (κ3) is 4.57. The lowest BCUT2D eigenvalue weighted by Gasteiger charge is -2.12. The Kier molecular flexibility index (Phi) is 5.78. The third-order valence-electron chi connectivity index (χ3n) is 2.56. The molecule has 1 aromatic heterocycles. The average molecular weight is 264 g/mol. The van der Waals surface area contributed by atoms with Crippen molar-refractivity contribution in [1.82, 2.24) is 15.6 Å². The summed E-state index contributed by atoms with van der Waals surface area (Å²) in [5.74, 6) is -0.607. The lowest BCUT2D eigenvalue weighted by molar-refractivity contribution is -0.122. The fraction of sp³-hybridized carbons (Fsp3) is 0.462. The van der Waals surface area contributed by atoms with Crippen LogP contribution in [0, 0.1) is 0 Å². The number of carbonyl (C=O) groups excluding carboxylic acids is 2. The molecule has 0 aliphatic heterocycles. The van der Waals surface area contributed by atoms with Crippen LogP contribution in [-0.4, -0.2) is 36.4 Å². The minimum atomic E-state index is -0.591. The monoisotopic (exact) mass is 264 g/mol. The van der Waals surface area contributed by atoms with E-state index in [1.54, 1.807) is 25.3 Å². The number of hydrogen-bond donors (Lipinski definition) is 3. The Bertz CT molecular complexity index is 448. The summed E-state index contributed by atoms with van der Waals surface area (Å²) in [6.07, 6.45) is 2.56. The smallest absolute Gasteiger partial charge is 0.270 e. The van der Waals surface area contributed by atoms with E-state index in [1.807, 2.05) is 0 Å². The zero-order valence-corrected chi connectivity index (χ0v) is 11.5. The number of rotatable bonds is 6. The van der Waals surface area contributed by atoms with Gasteiger partial charge in [-0.1, -0.05) is 6.92 Å². The maximum atomic E-state index is 11.9. The SMILES string of the molecule is CCCNc1ccnc(C(=O)NC(C)C(=O)NC)c1. The predicted molar refractivity (Wildman–Crippen MR) is 74.0 cm³/mol. The molecule has 0 saturated heterocycles. The molecule has 1 aromatic rings. The molecular formula is C13H20N4O2. The average Bonchev–Trinajstić information content (AvgIpc) is 2.44. The van der Waals surface area contributed by atoms with E-state index in [4.69, 9.17) is 0 Å². The van der Waals surface area contributed by atoms with Crippen molar-refractivity contribution in [2.75, 3.05) is 18.9 Å². The number of likely N-dealkylation sites (N-methyl/N-ethyl adjacent to an activating group) is 1. The van der Waals surface area contributed by atoms with Gasteiger partial charge in [0.2, 0.25) is 5.91 Å². The van der Waals surface area contributed by atoms with Crippen molar-refractivity contribution in [3.8, 4) is 0 Å². The Morgan fingerprint density at radius 1 is 1.42 bits per heavy atom. The van der Waals surface area contributed by atoms with E-state index in [0.717, 1.165) is 18.7 Å². The maximum absolute atomic E-state index is 11.9. The predicted octanol–water partition coefficient (Wildman–Crippen LogP) is 0.768. The zero-order chi connectivity index (χ0) is 14.3. The second kappa shape index (κ2) is 7.35. The van der Waals surface area contributed by atoms with Crippen LogP contribution in [0.25, 0.3) is 0 Å². The van der Waals surface area contributed by atoms with Gasteiger partial charge >= 0.3 is 0 Å². The van der Waals surface area contributed by atoms with Crippen LogP contribution in [0.4, 0.5) is 5.69 Å². The molecule has 1 heterocycles. The lowest BCUT2D eigenvalue weighted by Crippen LogP contribution is -2.43. The number of aromatic nitrogens is 1. The van der Waals surface area contributed by atoms with Gasteiger partial charge in [0.25, 0.3) is 5.91 Å². The van der Waals surface area contributed by atoms with Gasteiger partial charge in [0.05, 0.1) is 0 Å². The Hall–Kier alpha value is -2.11. The van der Waals surface area contributed by atoms with Gasteiger partial charge in [-0.05, 0) is 25.5 Å². The normalized spacial score (nSPS) is 11.5. The molecule has 0 bridgehead atoms. The first-order valence-corrected chi connectivity index (χ1v) is 6.30. The maximum Gasteiger partial charge on any atom is 0.270 e. The van der Waals surface area contributed by atoms with Crippen LogP contribution in [0.5, 0.6) is 0 Å². The summed E-state index contributed by atoms with van der Waals surface area (Å²) >= 11 is 0. The summed E-state index contributed by atoms with van der Waals surface area (Å²) in [5.41, 5.74) is 1.13. The highest BCUT2D eigenvalue weighted by atomic mass is 16.2. The molecule has 6 nitrogen and oxygen atoms in total. The van der Waals surface area contributed by atoms with Gasteiger partial charge in [0.15, 0.2) is 0 Å². The number of pyridine rings is 1. The van der Waals surface area contributed by atoms with Crippen molar-refractivity contribution in [3.63, 3.8) is 0 Å². The third-order valence-corrected chi connectivity index (χ3v) is 2.56. The van der Waals surface area contributed by atoms with E-state index < -0.39 is 6.04 Å². The quantitative estimate of drug-likeness (QED) is 0.708. The lowest BCUT2D eigenvalue weighted by atomic mass is 10.2. The van der Waals surface area contributed by atoms with Gasteiger partial charge in [-0.3, -0.25) is 14.6 Å². The summed E-state index contributed by atoms with van der Waals surface area (Å²) in [6.45, 7) is 4.52. The largest absolute Gasteiger partial charge is 0.385 e. The van der Waals surface area contributed by atoms with Crippen molar-refractivity contribution in [1.29, 1.82) is 0 Å². The van der Waals surface area contributed by atoms with Crippen LogP contribution < -0.4 is 16.0 Å². The Labute approximate surface area is 113 Å². The molecule has 104 valence electrons. The fourth-order valence-electron chi connectivity index (χ4n) is 1.49. The topological polar surface area (TPSA) is 83.1 Å². The number of hydrogen-bond acceptors (Lipinski definition) is 4. The molecule has 2 amide bonds. The van der Waals surface area contributed by atoms with E-state index in [9.17, 15) is 9.59 Å². The molecule has 19 heavy (non-hydrogen) atoms. The van der Waals surface area contributed by atoms with Gasteiger partial charge < -0.3 is 16.0 Å². The molecule has 3 N–H and O–H groups in total. The first-order valence-electron chi connectivity index (χ1n) is 6.30.